The highest BCUT2D eigenvalue weighted by Crippen LogP contribution is 2.13. The molecule has 1 aromatic heterocycles. The second-order valence-corrected chi connectivity index (χ2v) is 6.89. The minimum atomic E-state index is 0.489. The van der Waals surface area contributed by atoms with Crippen molar-refractivity contribution in [3.63, 3.8) is 0 Å². The number of guanidine groups is 1. The van der Waals surface area contributed by atoms with Crippen molar-refractivity contribution in [1.82, 2.24) is 25.4 Å². The maximum Gasteiger partial charge on any atom is 0.191 e. The number of aromatic nitrogens is 3. The number of nitrogens with one attached hydrogen (secondary N) is 2. The van der Waals surface area contributed by atoms with E-state index in [2.05, 4.69) is 38.0 Å². The van der Waals surface area contributed by atoms with E-state index < -0.39 is 0 Å². The van der Waals surface area contributed by atoms with E-state index in [0.29, 0.717) is 6.54 Å². The van der Waals surface area contributed by atoms with E-state index in [9.17, 15) is 0 Å². The SMILES string of the molecule is COCCCNC(=NCc1nnc(C)n1C)NCCCCc1ccc(OC)cc1. The summed E-state index contributed by atoms with van der Waals surface area (Å²) in [7, 11) is 5.36. The molecule has 0 aliphatic heterocycles. The lowest BCUT2D eigenvalue weighted by Gasteiger charge is -2.12. The molecule has 0 fully saturated rings. The van der Waals surface area contributed by atoms with E-state index in [4.69, 9.17) is 9.47 Å². The van der Waals surface area contributed by atoms with E-state index in [1.54, 1.807) is 14.2 Å². The lowest BCUT2D eigenvalue weighted by Crippen LogP contribution is -2.38. The molecule has 2 aromatic rings. The Balaban J connectivity index is 1.77. The molecule has 2 N–H and O–H groups in total. The molecule has 160 valence electrons. The molecular formula is C21H34N6O2. The van der Waals surface area contributed by atoms with E-state index in [1.807, 2.05) is 30.7 Å². The number of benzene rings is 1. The standard InChI is InChI=1S/C21H34N6O2/c1-17-25-26-20(27(17)2)16-24-21(23-14-7-15-28-3)22-13-6-5-8-18-9-11-19(29-4)12-10-18/h9-12H,5-8,13-16H2,1-4H3,(H2,22,23,24). The van der Waals surface area contributed by atoms with Crippen LogP contribution >= 0.6 is 0 Å². The van der Waals surface area contributed by atoms with Crippen molar-refractivity contribution in [1.29, 1.82) is 0 Å². The van der Waals surface area contributed by atoms with Crippen LogP contribution < -0.4 is 15.4 Å². The van der Waals surface area contributed by atoms with Crippen molar-refractivity contribution in [3.8, 4) is 5.75 Å². The summed E-state index contributed by atoms with van der Waals surface area (Å²) in [6, 6.07) is 8.27. The van der Waals surface area contributed by atoms with Crippen LogP contribution in [0.15, 0.2) is 29.3 Å². The van der Waals surface area contributed by atoms with Crippen LogP contribution in [0.2, 0.25) is 0 Å². The lowest BCUT2D eigenvalue weighted by atomic mass is 10.1. The van der Waals surface area contributed by atoms with Gasteiger partial charge >= 0.3 is 0 Å². The molecule has 0 radical (unpaired) electrons. The minimum Gasteiger partial charge on any atom is -0.497 e. The Morgan fingerprint density at radius 1 is 1.03 bits per heavy atom. The highest BCUT2D eigenvalue weighted by molar-refractivity contribution is 5.79. The van der Waals surface area contributed by atoms with Crippen molar-refractivity contribution in [3.05, 3.63) is 41.5 Å². The quantitative estimate of drug-likeness (QED) is 0.322. The summed E-state index contributed by atoms with van der Waals surface area (Å²) in [6.07, 6.45) is 4.15. The molecule has 0 saturated heterocycles. The second-order valence-electron chi connectivity index (χ2n) is 6.89. The first-order valence-electron chi connectivity index (χ1n) is 10.1. The first-order chi connectivity index (χ1) is 14.1. The number of nitrogens with zero attached hydrogens (tertiary/aromatic N) is 4. The van der Waals surface area contributed by atoms with Gasteiger partial charge in [0.2, 0.25) is 0 Å². The van der Waals surface area contributed by atoms with E-state index in [1.165, 1.54) is 5.56 Å². The fraction of sp³-hybridized carbons (Fsp3) is 0.571. The summed E-state index contributed by atoms with van der Waals surface area (Å²) in [5.41, 5.74) is 1.33. The van der Waals surface area contributed by atoms with Gasteiger partial charge < -0.3 is 24.7 Å². The van der Waals surface area contributed by atoms with E-state index in [0.717, 1.165) is 68.7 Å². The van der Waals surface area contributed by atoms with Gasteiger partial charge in [-0.05, 0) is 50.3 Å². The van der Waals surface area contributed by atoms with Gasteiger partial charge in [-0.3, -0.25) is 0 Å². The van der Waals surface area contributed by atoms with Gasteiger partial charge in [0.05, 0.1) is 7.11 Å². The zero-order valence-corrected chi connectivity index (χ0v) is 18.1. The molecule has 8 heteroatoms. The average molecular weight is 403 g/mol. The molecule has 1 aromatic carbocycles. The number of aliphatic imine (C=N–C) groups is 1. The molecule has 0 bridgehead atoms. The van der Waals surface area contributed by atoms with Crippen LogP contribution in [0, 0.1) is 6.92 Å². The van der Waals surface area contributed by atoms with Gasteiger partial charge in [0, 0.05) is 33.9 Å². The van der Waals surface area contributed by atoms with Gasteiger partial charge in [-0.25, -0.2) is 4.99 Å². The van der Waals surface area contributed by atoms with E-state index >= 15 is 0 Å². The smallest absolute Gasteiger partial charge is 0.191 e. The van der Waals surface area contributed by atoms with Crippen molar-refractivity contribution in [2.24, 2.45) is 12.0 Å². The van der Waals surface area contributed by atoms with Crippen LogP contribution in [0.4, 0.5) is 0 Å². The Labute approximate surface area is 173 Å². The molecule has 29 heavy (non-hydrogen) atoms. The molecule has 8 nitrogen and oxygen atoms in total. The third-order valence-corrected chi connectivity index (χ3v) is 4.72. The number of rotatable bonds is 12. The Morgan fingerprint density at radius 3 is 2.38 bits per heavy atom. The fourth-order valence-corrected chi connectivity index (χ4v) is 2.79. The Kier molecular flexibility index (Phi) is 9.99. The predicted molar refractivity (Wildman–Crippen MR) is 115 cm³/mol. The molecular weight excluding hydrogens is 368 g/mol. The van der Waals surface area contributed by atoms with Gasteiger partial charge in [0.25, 0.3) is 0 Å². The summed E-state index contributed by atoms with van der Waals surface area (Å²) < 4.78 is 12.3. The predicted octanol–water partition coefficient (Wildman–Crippen LogP) is 2.23. The number of hydrogen-bond acceptors (Lipinski definition) is 5. The van der Waals surface area contributed by atoms with Crippen molar-refractivity contribution in [2.45, 2.75) is 39.2 Å². The van der Waals surface area contributed by atoms with Crippen LogP contribution in [-0.4, -0.2) is 54.6 Å². The third kappa shape index (κ3) is 8.11. The Bertz CT molecular complexity index is 742. The van der Waals surface area contributed by atoms with Gasteiger partial charge in [-0.1, -0.05) is 12.1 Å². The molecule has 0 unspecified atom stereocenters. The Morgan fingerprint density at radius 2 is 1.76 bits per heavy atom. The van der Waals surface area contributed by atoms with Gasteiger partial charge in [0.15, 0.2) is 11.8 Å². The lowest BCUT2D eigenvalue weighted by molar-refractivity contribution is 0.195. The van der Waals surface area contributed by atoms with Crippen LogP contribution in [-0.2, 0) is 24.8 Å². The first kappa shape index (κ1) is 22.7. The number of hydrogen-bond donors (Lipinski definition) is 2. The normalized spacial score (nSPS) is 11.5. The molecule has 0 aliphatic carbocycles. The minimum absolute atomic E-state index is 0.489. The number of ether oxygens (including phenoxy) is 2. The monoisotopic (exact) mass is 402 g/mol. The molecule has 2 rings (SSSR count). The summed E-state index contributed by atoms with van der Waals surface area (Å²) in [6.45, 7) is 4.83. The molecule has 0 aliphatic rings. The largest absolute Gasteiger partial charge is 0.497 e. The van der Waals surface area contributed by atoms with Crippen LogP contribution in [0.5, 0.6) is 5.75 Å². The maximum absolute atomic E-state index is 5.20. The number of aryl methyl sites for hydroxylation is 2. The first-order valence-corrected chi connectivity index (χ1v) is 10.1. The summed E-state index contributed by atoms with van der Waals surface area (Å²) in [5.74, 6) is 3.43. The van der Waals surface area contributed by atoms with Crippen LogP contribution in [0.25, 0.3) is 0 Å². The van der Waals surface area contributed by atoms with Crippen LogP contribution in [0.3, 0.4) is 0 Å². The Hall–Kier alpha value is -2.61. The number of unbranched alkanes of at least 4 members (excludes halogenated alkanes) is 1. The second kappa shape index (κ2) is 12.8. The highest BCUT2D eigenvalue weighted by Gasteiger charge is 2.05. The van der Waals surface area contributed by atoms with Gasteiger partial charge in [0.1, 0.15) is 18.1 Å². The highest BCUT2D eigenvalue weighted by atomic mass is 16.5. The van der Waals surface area contributed by atoms with E-state index in [-0.39, 0.29) is 0 Å². The topological polar surface area (TPSA) is 85.6 Å². The summed E-state index contributed by atoms with van der Waals surface area (Å²) >= 11 is 0. The molecule has 1 heterocycles. The average Bonchev–Trinajstić information content (AvgIpc) is 3.06. The maximum atomic E-state index is 5.20. The molecule has 0 saturated carbocycles. The number of methoxy groups -OCH3 is 2. The molecule has 0 atom stereocenters. The van der Waals surface area contributed by atoms with Crippen LogP contribution in [0.1, 0.15) is 36.5 Å². The third-order valence-electron chi connectivity index (χ3n) is 4.72. The molecule has 0 spiro atoms. The summed E-state index contributed by atoms with van der Waals surface area (Å²) in [5, 5.41) is 15.0. The summed E-state index contributed by atoms with van der Waals surface area (Å²) in [4.78, 5) is 4.66. The fourth-order valence-electron chi connectivity index (χ4n) is 2.79. The van der Waals surface area contributed by atoms with Gasteiger partial charge in [-0.2, -0.15) is 0 Å². The molecule has 0 amide bonds. The van der Waals surface area contributed by atoms with Crippen molar-refractivity contribution >= 4 is 5.96 Å². The van der Waals surface area contributed by atoms with Crippen molar-refractivity contribution < 1.29 is 9.47 Å². The van der Waals surface area contributed by atoms with Crippen molar-refractivity contribution in [2.75, 3.05) is 33.9 Å². The van der Waals surface area contributed by atoms with Gasteiger partial charge in [-0.15, -0.1) is 10.2 Å². The zero-order valence-electron chi connectivity index (χ0n) is 18.1. The zero-order chi connectivity index (χ0) is 20.9.